The maximum atomic E-state index is 12.6. The number of carbonyl (C=O) groups is 1. The van der Waals surface area contributed by atoms with Gasteiger partial charge in [-0.15, -0.1) is 0 Å². The predicted molar refractivity (Wildman–Crippen MR) is 89.4 cm³/mol. The molecule has 1 aromatic carbocycles. The normalized spacial score (nSPS) is 26.5. The molecule has 0 aliphatic carbocycles. The lowest BCUT2D eigenvalue weighted by Gasteiger charge is -2.38. The molecule has 4 nitrogen and oxygen atoms in total. The van der Waals surface area contributed by atoms with Crippen molar-refractivity contribution in [2.75, 3.05) is 18.9 Å². The van der Waals surface area contributed by atoms with Gasteiger partial charge in [-0.25, -0.2) is 0 Å². The highest BCUT2D eigenvalue weighted by molar-refractivity contribution is 7.85. The molecule has 1 aliphatic heterocycles. The van der Waals surface area contributed by atoms with Crippen LogP contribution in [0.2, 0.25) is 0 Å². The molecule has 1 amide bonds. The Hall–Kier alpha value is -1.36. The average Bonchev–Trinajstić information content (AvgIpc) is 2.53. The van der Waals surface area contributed by atoms with Crippen LogP contribution in [-0.2, 0) is 15.6 Å². The second kappa shape index (κ2) is 7.77. The van der Waals surface area contributed by atoms with Crippen LogP contribution in [0.1, 0.15) is 27.2 Å². The van der Waals surface area contributed by atoms with Crippen molar-refractivity contribution < 1.29 is 13.7 Å². The van der Waals surface area contributed by atoms with Crippen LogP contribution in [0.5, 0.6) is 5.75 Å². The fraction of sp³-hybridized carbons (Fsp3) is 0.588. The number of hydrogen-bond acceptors (Lipinski definition) is 3. The van der Waals surface area contributed by atoms with Crippen molar-refractivity contribution in [3.05, 3.63) is 30.3 Å². The summed E-state index contributed by atoms with van der Waals surface area (Å²) in [5.41, 5.74) is 0. The van der Waals surface area contributed by atoms with E-state index in [-0.39, 0.29) is 23.1 Å². The molecule has 1 saturated heterocycles. The summed E-state index contributed by atoms with van der Waals surface area (Å²) in [6.45, 7) is 7.03. The Labute approximate surface area is 135 Å². The van der Waals surface area contributed by atoms with Crippen LogP contribution >= 0.6 is 0 Å². The minimum atomic E-state index is -0.814. The van der Waals surface area contributed by atoms with E-state index in [1.807, 2.05) is 56.0 Å². The number of para-hydroxylation sites is 1. The Bertz CT molecular complexity index is 520. The molecule has 0 aromatic heterocycles. The summed E-state index contributed by atoms with van der Waals surface area (Å²) in [6, 6.07) is 9.68. The maximum absolute atomic E-state index is 12.6. The van der Waals surface area contributed by atoms with Crippen molar-refractivity contribution in [1.29, 1.82) is 0 Å². The zero-order chi connectivity index (χ0) is 16.1. The highest BCUT2D eigenvalue weighted by Crippen LogP contribution is 2.20. The zero-order valence-corrected chi connectivity index (χ0v) is 14.3. The van der Waals surface area contributed by atoms with Crippen molar-refractivity contribution in [2.24, 2.45) is 5.92 Å². The van der Waals surface area contributed by atoms with Gasteiger partial charge in [0.15, 0.2) is 0 Å². The van der Waals surface area contributed by atoms with Gasteiger partial charge in [0.1, 0.15) is 5.75 Å². The van der Waals surface area contributed by atoms with Gasteiger partial charge in [-0.3, -0.25) is 9.00 Å². The van der Waals surface area contributed by atoms with Crippen molar-refractivity contribution in [3.63, 3.8) is 0 Å². The molecule has 5 heteroatoms. The zero-order valence-electron chi connectivity index (χ0n) is 13.5. The first-order valence-electron chi connectivity index (χ1n) is 7.86. The third-order valence-corrected chi connectivity index (χ3v) is 6.19. The molecule has 0 radical (unpaired) electrons. The van der Waals surface area contributed by atoms with Crippen molar-refractivity contribution >= 4 is 16.7 Å². The third-order valence-electron chi connectivity index (χ3n) is 4.39. The van der Waals surface area contributed by atoms with Crippen LogP contribution in [-0.4, -0.2) is 45.2 Å². The molecular formula is C17H25NO3S. The van der Waals surface area contributed by atoms with E-state index in [2.05, 4.69) is 0 Å². The minimum Gasteiger partial charge on any atom is -0.494 e. The lowest BCUT2D eigenvalue weighted by atomic mass is 10.0. The second-order valence-electron chi connectivity index (χ2n) is 5.91. The third kappa shape index (κ3) is 4.09. The molecule has 1 fully saturated rings. The van der Waals surface area contributed by atoms with E-state index in [1.54, 1.807) is 0 Å². The lowest BCUT2D eigenvalue weighted by Crippen LogP contribution is -2.53. The first kappa shape index (κ1) is 17.0. The highest BCUT2D eigenvalue weighted by Gasteiger charge is 2.34. The van der Waals surface area contributed by atoms with Gasteiger partial charge in [0, 0.05) is 35.1 Å². The van der Waals surface area contributed by atoms with Gasteiger partial charge in [0.2, 0.25) is 5.91 Å². The number of rotatable bonds is 5. The Kier molecular flexibility index (Phi) is 6.00. The van der Waals surface area contributed by atoms with Gasteiger partial charge in [0.05, 0.1) is 11.9 Å². The second-order valence-corrected chi connectivity index (χ2v) is 7.83. The Balaban J connectivity index is 1.83. The SMILES string of the molecule is CC(CCOc1ccccc1)C(=O)N1CCS(=O)C(C)C1C. The Morgan fingerprint density at radius 2 is 2.05 bits per heavy atom. The summed E-state index contributed by atoms with van der Waals surface area (Å²) in [5.74, 6) is 1.49. The number of carbonyl (C=O) groups excluding carboxylic acids is 1. The van der Waals surface area contributed by atoms with Crippen LogP contribution < -0.4 is 4.74 Å². The van der Waals surface area contributed by atoms with Crippen molar-refractivity contribution in [2.45, 2.75) is 38.5 Å². The average molecular weight is 323 g/mol. The smallest absolute Gasteiger partial charge is 0.225 e. The molecule has 0 N–H and O–H groups in total. The fourth-order valence-corrected chi connectivity index (χ4v) is 3.97. The van der Waals surface area contributed by atoms with E-state index < -0.39 is 10.8 Å². The molecule has 0 spiro atoms. The lowest BCUT2D eigenvalue weighted by molar-refractivity contribution is -0.137. The standard InChI is InChI=1S/C17H25NO3S/c1-13(9-11-21-16-7-5-4-6-8-16)17(19)18-10-12-22(20)15(3)14(18)2/h4-8,13-15H,9-12H2,1-3H3. The molecule has 1 heterocycles. The van der Waals surface area contributed by atoms with E-state index in [1.165, 1.54) is 0 Å². The highest BCUT2D eigenvalue weighted by atomic mass is 32.2. The van der Waals surface area contributed by atoms with E-state index >= 15 is 0 Å². The number of benzene rings is 1. The van der Waals surface area contributed by atoms with Crippen molar-refractivity contribution in [1.82, 2.24) is 4.90 Å². The molecule has 0 bridgehead atoms. The number of amides is 1. The van der Waals surface area contributed by atoms with Gasteiger partial charge in [-0.2, -0.15) is 0 Å². The van der Waals surface area contributed by atoms with Crippen LogP contribution in [0, 0.1) is 5.92 Å². The van der Waals surface area contributed by atoms with E-state index in [4.69, 9.17) is 4.74 Å². The summed E-state index contributed by atoms with van der Waals surface area (Å²) >= 11 is 0. The van der Waals surface area contributed by atoms with Crippen LogP contribution in [0.4, 0.5) is 0 Å². The first-order valence-corrected chi connectivity index (χ1v) is 9.24. The minimum absolute atomic E-state index is 0.0413. The summed E-state index contributed by atoms with van der Waals surface area (Å²) in [6.07, 6.45) is 0.689. The van der Waals surface area contributed by atoms with Crippen LogP contribution in [0.3, 0.4) is 0 Å². The molecule has 122 valence electrons. The van der Waals surface area contributed by atoms with Crippen molar-refractivity contribution in [3.8, 4) is 5.75 Å². The van der Waals surface area contributed by atoms with Gasteiger partial charge < -0.3 is 9.64 Å². The Morgan fingerprint density at radius 1 is 1.36 bits per heavy atom. The quantitative estimate of drug-likeness (QED) is 0.836. The van der Waals surface area contributed by atoms with Crippen LogP contribution in [0.25, 0.3) is 0 Å². The molecular weight excluding hydrogens is 298 g/mol. The largest absolute Gasteiger partial charge is 0.494 e. The summed E-state index contributed by atoms with van der Waals surface area (Å²) in [4.78, 5) is 14.5. The van der Waals surface area contributed by atoms with Gasteiger partial charge in [-0.1, -0.05) is 25.1 Å². The topological polar surface area (TPSA) is 46.6 Å². The number of hydrogen-bond donors (Lipinski definition) is 0. The molecule has 4 unspecified atom stereocenters. The molecule has 1 aromatic rings. The molecule has 0 saturated carbocycles. The number of nitrogens with zero attached hydrogens (tertiary/aromatic N) is 1. The van der Waals surface area contributed by atoms with E-state index in [0.29, 0.717) is 25.3 Å². The van der Waals surface area contributed by atoms with Crippen LogP contribution in [0.15, 0.2) is 30.3 Å². The van der Waals surface area contributed by atoms with E-state index in [0.717, 1.165) is 5.75 Å². The van der Waals surface area contributed by atoms with Gasteiger partial charge in [-0.05, 0) is 32.4 Å². The van der Waals surface area contributed by atoms with Gasteiger partial charge >= 0.3 is 0 Å². The Morgan fingerprint density at radius 3 is 2.73 bits per heavy atom. The molecule has 4 atom stereocenters. The number of ether oxygens (including phenoxy) is 1. The molecule has 2 rings (SSSR count). The summed E-state index contributed by atoms with van der Waals surface area (Å²) < 4.78 is 17.5. The van der Waals surface area contributed by atoms with E-state index in [9.17, 15) is 9.00 Å². The summed E-state index contributed by atoms with van der Waals surface area (Å²) in [7, 11) is -0.814. The van der Waals surface area contributed by atoms with Gasteiger partial charge in [0.25, 0.3) is 0 Å². The first-order chi connectivity index (χ1) is 10.5. The predicted octanol–water partition coefficient (Wildman–Crippen LogP) is 2.46. The molecule has 1 aliphatic rings. The maximum Gasteiger partial charge on any atom is 0.225 e. The fourth-order valence-electron chi connectivity index (χ4n) is 2.64. The monoisotopic (exact) mass is 323 g/mol. The molecule has 22 heavy (non-hydrogen) atoms. The summed E-state index contributed by atoms with van der Waals surface area (Å²) in [5, 5.41) is 0.0467.